The molecule has 0 radical (unpaired) electrons. The highest BCUT2D eigenvalue weighted by Gasteiger charge is 2.30. The van der Waals surface area contributed by atoms with Crippen LogP contribution in [0.25, 0.3) is 11.5 Å². The molecule has 0 amide bonds. The van der Waals surface area contributed by atoms with Crippen molar-refractivity contribution in [1.82, 2.24) is 10.2 Å². The summed E-state index contributed by atoms with van der Waals surface area (Å²) < 4.78 is 48.4. The first-order valence-corrected chi connectivity index (χ1v) is 10.6. The van der Waals surface area contributed by atoms with Gasteiger partial charge in [0.15, 0.2) is 0 Å². The van der Waals surface area contributed by atoms with Crippen LogP contribution in [-0.4, -0.2) is 29.3 Å². The Morgan fingerprint density at radius 1 is 1.00 bits per heavy atom. The summed E-state index contributed by atoms with van der Waals surface area (Å²) >= 11 is 0. The molecule has 2 N–H and O–H groups in total. The van der Waals surface area contributed by atoms with Crippen LogP contribution in [0.2, 0.25) is 0 Å². The lowest BCUT2D eigenvalue weighted by Gasteiger charge is -2.11. The lowest BCUT2D eigenvalue weighted by molar-refractivity contribution is -0.141. The van der Waals surface area contributed by atoms with E-state index < -0.39 is 17.7 Å². The summed E-state index contributed by atoms with van der Waals surface area (Å²) in [6.07, 6.45) is -4.40. The van der Waals surface area contributed by atoms with Gasteiger partial charge in [0.2, 0.25) is 0 Å². The van der Waals surface area contributed by atoms with Crippen molar-refractivity contribution in [2.45, 2.75) is 40.8 Å². The Morgan fingerprint density at radius 2 is 1.64 bits per heavy atom. The molecule has 0 unspecified atom stereocenters. The second-order valence-electron chi connectivity index (χ2n) is 5.82. The molecule has 0 aliphatic heterocycles. The zero-order valence-electron chi connectivity index (χ0n) is 19.3. The van der Waals surface area contributed by atoms with Crippen LogP contribution in [0, 0.1) is 0 Å². The van der Waals surface area contributed by atoms with Gasteiger partial charge in [-0.3, -0.25) is 4.79 Å². The summed E-state index contributed by atoms with van der Waals surface area (Å²) in [5.41, 5.74) is 0.841. The highest BCUT2D eigenvalue weighted by atomic mass is 19.4. The maximum atomic E-state index is 12.7. The van der Waals surface area contributed by atoms with Gasteiger partial charge in [-0.15, -0.1) is 5.10 Å². The Labute approximate surface area is 191 Å². The van der Waals surface area contributed by atoms with Crippen LogP contribution >= 0.6 is 0 Å². The first kappa shape index (κ1) is 27.5. The maximum absolute atomic E-state index is 12.7. The van der Waals surface area contributed by atoms with Crippen LogP contribution in [0.1, 0.15) is 40.2 Å². The molecule has 0 bridgehead atoms. The molecule has 0 saturated heterocycles. The Bertz CT molecular complexity index is 974. The van der Waals surface area contributed by atoms with Crippen molar-refractivity contribution in [3.8, 4) is 11.5 Å². The minimum Gasteiger partial charge on any atom is -0.465 e. The lowest BCUT2D eigenvalue weighted by Crippen LogP contribution is -2.16. The van der Waals surface area contributed by atoms with Crippen LogP contribution in [-0.2, 0) is 15.7 Å². The molecule has 1 aromatic heterocycles. The van der Waals surface area contributed by atoms with Gasteiger partial charge < -0.3 is 19.8 Å². The lowest BCUT2D eigenvalue weighted by atomic mass is 10.1. The van der Waals surface area contributed by atoms with Crippen LogP contribution in [0.15, 0.2) is 52.9 Å². The Kier molecular flexibility index (Phi) is 11.5. The third-order valence-electron chi connectivity index (χ3n) is 3.76. The molecule has 33 heavy (non-hydrogen) atoms. The molecular weight excluding hydrogens is 437 g/mol. The molecule has 7 nitrogen and oxygen atoms in total. The van der Waals surface area contributed by atoms with E-state index in [1.54, 1.807) is 31.2 Å². The molecule has 2 aromatic carbocycles. The number of aromatic nitrogens is 2. The maximum Gasteiger partial charge on any atom is 0.416 e. The van der Waals surface area contributed by atoms with E-state index in [0.29, 0.717) is 16.9 Å². The van der Waals surface area contributed by atoms with E-state index >= 15 is 0 Å². The Morgan fingerprint density at radius 3 is 2.24 bits per heavy atom. The van der Waals surface area contributed by atoms with E-state index in [4.69, 9.17) is 9.15 Å². The fourth-order valence-electron chi connectivity index (χ4n) is 2.44. The third kappa shape index (κ3) is 8.47. The SMILES string of the molecule is CC.CC.CCOC(=O)CNc1nnc(-c2ccccc2Nc2ccc(C(F)(F)F)cc2)o1. The number of carbonyl (C=O) groups is 1. The Balaban J connectivity index is 0.00000129. The zero-order chi connectivity index (χ0) is 24.9. The molecule has 0 aliphatic carbocycles. The van der Waals surface area contributed by atoms with Crippen molar-refractivity contribution >= 4 is 23.4 Å². The van der Waals surface area contributed by atoms with Crippen molar-refractivity contribution in [2.24, 2.45) is 0 Å². The fourth-order valence-corrected chi connectivity index (χ4v) is 2.44. The second kappa shape index (κ2) is 13.8. The topological polar surface area (TPSA) is 89.3 Å². The van der Waals surface area contributed by atoms with Gasteiger partial charge >= 0.3 is 18.2 Å². The standard InChI is InChI=1S/C19H17F3N4O3.2C2H6/c1-2-28-16(27)11-23-18-26-25-17(29-18)14-5-3-4-6-15(14)24-13-9-7-12(8-10-13)19(20,21)22;2*1-2/h3-10,24H,2,11H2,1H3,(H,23,26);2*1-2H3. The number of nitrogens with zero attached hydrogens (tertiary/aromatic N) is 2. The first-order valence-electron chi connectivity index (χ1n) is 10.6. The van der Waals surface area contributed by atoms with Crippen molar-refractivity contribution < 1.29 is 27.1 Å². The average molecular weight is 467 g/mol. The highest BCUT2D eigenvalue weighted by Crippen LogP contribution is 2.32. The normalized spacial score (nSPS) is 10.2. The summed E-state index contributed by atoms with van der Waals surface area (Å²) in [6.45, 7) is 9.84. The van der Waals surface area contributed by atoms with E-state index in [1.807, 2.05) is 27.7 Å². The molecule has 0 saturated carbocycles. The van der Waals surface area contributed by atoms with E-state index in [2.05, 4.69) is 20.8 Å². The number of carbonyl (C=O) groups excluding carboxylic acids is 1. The van der Waals surface area contributed by atoms with Crippen LogP contribution in [0.4, 0.5) is 30.6 Å². The van der Waals surface area contributed by atoms with Crippen LogP contribution in [0.5, 0.6) is 0 Å². The molecule has 10 heteroatoms. The number of nitrogens with one attached hydrogen (secondary N) is 2. The second-order valence-corrected chi connectivity index (χ2v) is 5.82. The van der Waals surface area contributed by atoms with Crippen molar-refractivity contribution in [3.63, 3.8) is 0 Å². The molecule has 0 atom stereocenters. The number of halogens is 3. The quantitative estimate of drug-likeness (QED) is 0.383. The van der Waals surface area contributed by atoms with Gasteiger partial charge in [-0.05, 0) is 43.3 Å². The van der Waals surface area contributed by atoms with Crippen LogP contribution in [0.3, 0.4) is 0 Å². The number of para-hydroxylation sites is 1. The monoisotopic (exact) mass is 466 g/mol. The number of hydrogen-bond acceptors (Lipinski definition) is 7. The molecule has 3 aromatic rings. The van der Waals surface area contributed by atoms with E-state index in [9.17, 15) is 18.0 Å². The minimum atomic E-state index is -4.40. The van der Waals surface area contributed by atoms with Gasteiger partial charge in [-0.25, -0.2) is 0 Å². The number of ether oxygens (including phenoxy) is 1. The van der Waals surface area contributed by atoms with Gasteiger partial charge in [0.05, 0.1) is 23.4 Å². The smallest absolute Gasteiger partial charge is 0.416 e. The molecule has 180 valence electrons. The summed E-state index contributed by atoms with van der Waals surface area (Å²) in [5, 5.41) is 13.5. The van der Waals surface area contributed by atoms with Crippen LogP contribution < -0.4 is 10.6 Å². The average Bonchev–Trinajstić information content (AvgIpc) is 3.30. The molecular formula is C23H29F3N4O3. The summed E-state index contributed by atoms with van der Waals surface area (Å²) in [5.74, 6) is -0.289. The molecule has 1 heterocycles. The first-order chi connectivity index (χ1) is 15.9. The van der Waals surface area contributed by atoms with E-state index in [0.717, 1.165) is 12.1 Å². The number of rotatable bonds is 7. The van der Waals surface area contributed by atoms with Crippen molar-refractivity contribution in [2.75, 3.05) is 23.8 Å². The highest BCUT2D eigenvalue weighted by molar-refractivity contribution is 5.77. The number of alkyl halides is 3. The van der Waals surface area contributed by atoms with E-state index in [-0.39, 0.29) is 25.1 Å². The van der Waals surface area contributed by atoms with Crippen molar-refractivity contribution in [1.29, 1.82) is 0 Å². The van der Waals surface area contributed by atoms with Gasteiger partial charge in [0, 0.05) is 5.69 Å². The zero-order valence-corrected chi connectivity index (χ0v) is 19.3. The van der Waals surface area contributed by atoms with Gasteiger partial charge in [0.1, 0.15) is 6.54 Å². The predicted octanol–water partition coefficient (Wildman–Crippen LogP) is 6.53. The number of hydrogen-bond donors (Lipinski definition) is 2. The van der Waals surface area contributed by atoms with Gasteiger partial charge in [-0.1, -0.05) is 44.9 Å². The minimum absolute atomic E-state index is 0.0392. The molecule has 0 spiro atoms. The van der Waals surface area contributed by atoms with Gasteiger partial charge in [-0.2, -0.15) is 13.2 Å². The predicted molar refractivity (Wildman–Crippen MR) is 122 cm³/mol. The summed E-state index contributed by atoms with van der Waals surface area (Å²) in [7, 11) is 0. The summed E-state index contributed by atoms with van der Waals surface area (Å²) in [4.78, 5) is 11.4. The summed E-state index contributed by atoms with van der Waals surface area (Å²) in [6, 6.07) is 11.6. The molecule has 3 rings (SSSR count). The Hall–Kier alpha value is -3.56. The third-order valence-corrected chi connectivity index (χ3v) is 3.76. The fraction of sp³-hybridized carbons (Fsp3) is 0.348. The van der Waals surface area contributed by atoms with Gasteiger partial charge in [0.25, 0.3) is 5.89 Å². The number of anilines is 3. The van der Waals surface area contributed by atoms with Crippen molar-refractivity contribution in [3.05, 3.63) is 54.1 Å². The number of esters is 1. The number of benzene rings is 2. The largest absolute Gasteiger partial charge is 0.465 e. The molecule has 0 fully saturated rings. The van der Waals surface area contributed by atoms with E-state index in [1.165, 1.54) is 12.1 Å². The molecule has 0 aliphatic rings.